The zero-order chi connectivity index (χ0) is 12.5. The molecule has 2 aromatic carbocycles. The van der Waals surface area contributed by atoms with Crippen molar-refractivity contribution in [2.45, 2.75) is 0 Å². The summed E-state index contributed by atoms with van der Waals surface area (Å²) in [7, 11) is 0. The number of rotatable bonds is 1. The molecule has 4 heteroatoms. The highest BCUT2D eigenvalue weighted by Gasteiger charge is 2.04. The SMILES string of the molecule is O=c1c2ccccc2ncn1-c1ccc(F)cc1. The first kappa shape index (κ1) is 10.7. The Morgan fingerprint density at radius 2 is 1.72 bits per heavy atom. The van der Waals surface area contributed by atoms with Crippen LogP contribution >= 0.6 is 0 Å². The third kappa shape index (κ3) is 1.68. The monoisotopic (exact) mass is 240 g/mol. The quantitative estimate of drug-likeness (QED) is 0.655. The van der Waals surface area contributed by atoms with E-state index in [0.717, 1.165) is 0 Å². The van der Waals surface area contributed by atoms with Gasteiger partial charge in [0.1, 0.15) is 12.1 Å². The van der Waals surface area contributed by atoms with Crippen molar-refractivity contribution in [1.29, 1.82) is 0 Å². The zero-order valence-corrected chi connectivity index (χ0v) is 9.38. The fourth-order valence-corrected chi connectivity index (χ4v) is 1.85. The van der Waals surface area contributed by atoms with Crippen molar-refractivity contribution in [2.24, 2.45) is 0 Å². The lowest BCUT2D eigenvalue weighted by Gasteiger charge is -2.06. The van der Waals surface area contributed by atoms with Gasteiger partial charge in [-0.15, -0.1) is 0 Å². The van der Waals surface area contributed by atoms with Crippen LogP contribution in [0.15, 0.2) is 59.7 Å². The van der Waals surface area contributed by atoms with Crippen molar-refractivity contribution >= 4 is 10.9 Å². The molecule has 0 aliphatic rings. The van der Waals surface area contributed by atoms with Crippen LogP contribution in [0.2, 0.25) is 0 Å². The molecule has 0 fully saturated rings. The van der Waals surface area contributed by atoms with E-state index < -0.39 is 0 Å². The highest BCUT2D eigenvalue weighted by molar-refractivity contribution is 5.77. The highest BCUT2D eigenvalue weighted by atomic mass is 19.1. The molecule has 0 amide bonds. The van der Waals surface area contributed by atoms with Crippen LogP contribution in [0.3, 0.4) is 0 Å². The Kier molecular flexibility index (Phi) is 2.41. The van der Waals surface area contributed by atoms with Gasteiger partial charge in [-0.05, 0) is 36.4 Å². The van der Waals surface area contributed by atoms with Gasteiger partial charge in [0.15, 0.2) is 0 Å². The number of hydrogen-bond donors (Lipinski definition) is 0. The molecular weight excluding hydrogens is 231 g/mol. The average Bonchev–Trinajstić information content (AvgIpc) is 2.41. The predicted molar refractivity (Wildman–Crippen MR) is 67.3 cm³/mol. The first-order chi connectivity index (χ1) is 8.75. The van der Waals surface area contributed by atoms with Crippen LogP contribution in [0.5, 0.6) is 0 Å². The molecule has 3 rings (SSSR count). The predicted octanol–water partition coefficient (Wildman–Crippen LogP) is 2.52. The molecule has 0 radical (unpaired) electrons. The summed E-state index contributed by atoms with van der Waals surface area (Å²) in [6, 6.07) is 12.9. The van der Waals surface area contributed by atoms with Gasteiger partial charge in [0.05, 0.1) is 16.6 Å². The molecule has 0 N–H and O–H groups in total. The first-order valence-corrected chi connectivity index (χ1v) is 5.48. The maximum absolute atomic E-state index is 12.9. The van der Waals surface area contributed by atoms with Gasteiger partial charge in [0, 0.05) is 0 Å². The molecular formula is C14H9FN2O. The van der Waals surface area contributed by atoms with Gasteiger partial charge in [-0.25, -0.2) is 9.37 Å². The van der Waals surface area contributed by atoms with E-state index in [0.29, 0.717) is 16.6 Å². The standard InChI is InChI=1S/C14H9FN2O/c15-10-5-7-11(8-6-10)17-9-16-13-4-2-1-3-12(13)14(17)18/h1-9H. The second-order valence-electron chi connectivity index (χ2n) is 3.91. The van der Waals surface area contributed by atoms with E-state index in [1.165, 1.54) is 23.0 Å². The number of fused-ring (bicyclic) bond motifs is 1. The summed E-state index contributed by atoms with van der Waals surface area (Å²) in [5.41, 5.74) is 1.09. The van der Waals surface area contributed by atoms with Crippen LogP contribution in [-0.2, 0) is 0 Å². The summed E-state index contributed by atoms with van der Waals surface area (Å²) in [5, 5.41) is 0.546. The number of halogens is 1. The summed E-state index contributed by atoms with van der Waals surface area (Å²) in [6.45, 7) is 0. The minimum absolute atomic E-state index is 0.160. The Morgan fingerprint density at radius 1 is 1.00 bits per heavy atom. The topological polar surface area (TPSA) is 34.9 Å². The normalized spacial score (nSPS) is 10.7. The number of benzene rings is 2. The van der Waals surface area contributed by atoms with Gasteiger partial charge >= 0.3 is 0 Å². The fraction of sp³-hybridized carbons (Fsp3) is 0. The summed E-state index contributed by atoms with van der Waals surface area (Å²) < 4.78 is 14.3. The van der Waals surface area contributed by atoms with Crippen LogP contribution in [0.1, 0.15) is 0 Å². The fourth-order valence-electron chi connectivity index (χ4n) is 1.85. The lowest BCUT2D eigenvalue weighted by atomic mass is 10.2. The van der Waals surface area contributed by atoms with Crippen molar-refractivity contribution in [3.05, 3.63) is 71.0 Å². The van der Waals surface area contributed by atoms with E-state index in [4.69, 9.17) is 0 Å². The van der Waals surface area contributed by atoms with E-state index >= 15 is 0 Å². The molecule has 3 aromatic rings. The van der Waals surface area contributed by atoms with Crippen LogP contribution in [-0.4, -0.2) is 9.55 Å². The molecule has 0 aliphatic heterocycles. The lowest BCUT2D eigenvalue weighted by Crippen LogP contribution is -2.18. The lowest BCUT2D eigenvalue weighted by molar-refractivity contribution is 0.627. The zero-order valence-electron chi connectivity index (χ0n) is 9.38. The van der Waals surface area contributed by atoms with E-state index in [9.17, 15) is 9.18 Å². The van der Waals surface area contributed by atoms with Gasteiger partial charge in [-0.1, -0.05) is 12.1 Å². The Labute approximate surface area is 102 Å². The Bertz CT molecular complexity index is 763. The molecule has 0 bridgehead atoms. The van der Waals surface area contributed by atoms with Crippen molar-refractivity contribution < 1.29 is 4.39 Å². The molecule has 3 nitrogen and oxygen atoms in total. The number of hydrogen-bond acceptors (Lipinski definition) is 2. The van der Waals surface area contributed by atoms with Crippen LogP contribution < -0.4 is 5.56 Å². The second-order valence-corrected chi connectivity index (χ2v) is 3.91. The summed E-state index contributed by atoms with van der Waals surface area (Å²) >= 11 is 0. The molecule has 0 unspecified atom stereocenters. The van der Waals surface area contributed by atoms with E-state index in [1.807, 2.05) is 6.07 Å². The highest BCUT2D eigenvalue weighted by Crippen LogP contribution is 2.09. The summed E-state index contributed by atoms with van der Waals surface area (Å²) in [5.74, 6) is -0.333. The maximum atomic E-state index is 12.9. The van der Waals surface area contributed by atoms with Crippen molar-refractivity contribution in [1.82, 2.24) is 9.55 Å². The Balaban J connectivity index is 2.27. The van der Waals surface area contributed by atoms with Crippen LogP contribution in [0.25, 0.3) is 16.6 Å². The van der Waals surface area contributed by atoms with E-state index in [2.05, 4.69) is 4.98 Å². The smallest absolute Gasteiger partial charge is 0.265 e. The van der Waals surface area contributed by atoms with E-state index in [-0.39, 0.29) is 11.4 Å². The van der Waals surface area contributed by atoms with Crippen LogP contribution in [0, 0.1) is 5.82 Å². The Hall–Kier alpha value is -2.49. The van der Waals surface area contributed by atoms with Gasteiger partial charge in [0.2, 0.25) is 0 Å². The van der Waals surface area contributed by atoms with E-state index in [1.54, 1.807) is 30.3 Å². The van der Waals surface area contributed by atoms with Gasteiger partial charge in [-0.2, -0.15) is 0 Å². The van der Waals surface area contributed by atoms with Gasteiger partial charge in [0.25, 0.3) is 5.56 Å². The average molecular weight is 240 g/mol. The minimum Gasteiger partial charge on any atom is -0.268 e. The number of nitrogens with zero attached hydrogens (tertiary/aromatic N) is 2. The third-order valence-electron chi connectivity index (χ3n) is 2.77. The van der Waals surface area contributed by atoms with Gasteiger partial charge < -0.3 is 0 Å². The third-order valence-corrected chi connectivity index (χ3v) is 2.77. The molecule has 0 saturated carbocycles. The molecule has 0 atom stereocenters. The Morgan fingerprint density at radius 3 is 2.50 bits per heavy atom. The van der Waals surface area contributed by atoms with Crippen LogP contribution in [0.4, 0.5) is 4.39 Å². The summed E-state index contributed by atoms with van der Waals surface area (Å²) in [6.07, 6.45) is 1.46. The number of para-hydroxylation sites is 1. The molecule has 0 aliphatic carbocycles. The number of aromatic nitrogens is 2. The molecule has 18 heavy (non-hydrogen) atoms. The van der Waals surface area contributed by atoms with Crippen molar-refractivity contribution in [3.8, 4) is 5.69 Å². The largest absolute Gasteiger partial charge is 0.268 e. The minimum atomic E-state index is -0.333. The second kappa shape index (κ2) is 4.07. The molecule has 1 heterocycles. The van der Waals surface area contributed by atoms with Crippen molar-refractivity contribution in [3.63, 3.8) is 0 Å². The molecule has 1 aromatic heterocycles. The first-order valence-electron chi connectivity index (χ1n) is 5.48. The molecule has 0 saturated heterocycles. The summed E-state index contributed by atoms with van der Waals surface area (Å²) in [4.78, 5) is 16.5. The maximum Gasteiger partial charge on any atom is 0.265 e. The molecule has 0 spiro atoms. The molecule has 88 valence electrons. The van der Waals surface area contributed by atoms with Gasteiger partial charge in [-0.3, -0.25) is 9.36 Å². The van der Waals surface area contributed by atoms with Crippen molar-refractivity contribution in [2.75, 3.05) is 0 Å².